The van der Waals surface area contributed by atoms with Gasteiger partial charge in [0.05, 0.1) is 0 Å². The van der Waals surface area contributed by atoms with Gasteiger partial charge in [-0.3, -0.25) is 0 Å². The molecule has 0 bridgehead atoms. The first-order valence-electron chi connectivity index (χ1n) is 4.75. The average molecular weight is 176 g/mol. The van der Waals surface area contributed by atoms with E-state index in [0.717, 1.165) is 24.1 Å². The van der Waals surface area contributed by atoms with Gasteiger partial charge >= 0.3 is 0 Å². The Hall–Kier alpha value is -0.855. The minimum absolute atomic E-state index is 0.369. The van der Waals surface area contributed by atoms with Crippen LogP contribution in [0.2, 0.25) is 0 Å². The van der Waals surface area contributed by atoms with Gasteiger partial charge < -0.3 is 0 Å². The summed E-state index contributed by atoms with van der Waals surface area (Å²) in [5, 5.41) is 0. The molecule has 0 aliphatic rings. The second-order valence-corrected chi connectivity index (χ2v) is 4.74. The summed E-state index contributed by atoms with van der Waals surface area (Å²) in [6, 6.07) is 0. The van der Waals surface area contributed by atoms with Crippen molar-refractivity contribution >= 4 is 13.3 Å². The normalized spacial score (nSPS) is 11.6. The van der Waals surface area contributed by atoms with Crippen LogP contribution < -0.4 is 5.46 Å². The van der Waals surface area contributed by atoms with E-state index in [1.54, 1.807) is 0 Å². The summed E-state index contributed by atoms with van der Waals surface area (Å²) < 4.78 is 0. The number of nitrogens with zero attached hydrogens (tertiary/aromatic N) is 2. The molecule has 1 aromatic heterocycles. The lowest BCUT2D eigenvalue weighted by molar-refractivity contribution is 0.374. The molecule has 0 atom stereocenters. The third-order valence-electron chi connectivity index (χ3n) is 1.93. The van der Waals surface area contributed by atoms with Gasteiger partial charge in [-0.25, -0.2) is 9.97 Å². The quantitative estimate of drug-likeness (QED) is 0.620. The Labute approximate surface area is 81.2 Å². The van der Waals surface area contributed by atoms with Crippen LogP contribution in [0.15, 0.2) is 12.4 Å². The molecule has 0 saturated carbocycles. The number of hydrogen-bond donors (Lipinski definition) is 0. The average Bonchev–Trinajstić information content (AvgIpc) is 2.02. The lowest BCUT2D eigenvalue weighted by atomic mass is 9.90. The molecule has 70 valence electrons. The fourth-order valence-electron chi connectivity index (χ4n) is 1.04. The Morgan fingerprint density at radius 3 is 2.23 bits per heavy atom. The van der Waals surface area contributed by atoms with Crippen LogP contribution in [0.3, 0.4) is 0 Å². The molecule has 3 heteroatoms. The summed E-state index contributed by atoms with van der Waals surface area (Å²) in [7, 11) is 2.01. The molecule has 0 fully saturated rings. The predicted octanol–water partition coefficient (Wildman–Crippen LogP) is 0.714. The zero-order valence-electron chi connectivity index (χ0n) is 8.96. The molecule has 13 heavy (non-hydrogen) atoms. The third-order valence-corrected chi connectivity index (χ3v) is 1.93. The zero-order chi connectivity index (χ0) is 9.90. The maximum atomic E-state index is 4.27. The molecule has 0 saturated heterocycles. The molecular formula is C10H17BN2. The minimum atomic E-state index is 0.369. The standard InChI is InChI=1S/C10H17BN2/c1-10(2,3)5-4-9-12-6-8(11)7-13-9/h6-7H,4-5,11H2,1-3H3. The Morgan fingerprint density at radius 1 is 1.23 bits per heavy atom. The number of aromatic nitrogens is 2. The largest absolute Gasteiger partial charge is 0.242 e. The van der Waals surface area contributed by atoms with Gasteiger partial charge in [0.15, 0.2) is 0 Å². The van der Waals surface area contributed by atoms with Crippen LogP contribution in [0.4, 0.5) is 0 Å². The molecule has 0 N–H and O–H groups in total. The second-order valence-electron chi connectivity index (χ2n) is 4.74. The third kappa shape index (κ3) is 4.06. The minimum Gasteiger partial charge on any atom is -0.242 e. The van der Waals surface area contributed by atoms with Crippen LogP contribution in [0.1, 0.15) is 33.0 Å². The van der Waals surface area contributed by atoms with Crippen molar-refractivity contribution in [2.75, 3.05) is 0 Å². The molecule has 0 radical (unpaired) electrons. The first kappa shape index (κ1) is 10.2. The Balaban J connectivity index is 2.51. The van der Waals surface area contributed by atoms with Crippen molar-refractivity contribution in [1.82, 2.24) is 9.97 Å². The van der Waals surface area contributed by atoms with E-state index in [-0.39, 0.29) is 0 Å². The summed E-state index contributed by atoms with van der Waals surface area (Å²) in [5.74, 6) is 0.959. The molecule has 0 amide bonds. The molecular weight excluding hydrogens is 159 g/mol. The van der Waals surface area contributed by atoms with E-state index in [2.05, 4.69) is 30.7 Å². The molecule has 0 aliphatic heterocycles. The highest BCUT2D eigenvalue weighted by Gasteiger charge is 2.10. The van der Waals surface area contributed by atoms with Crippen molar-refractivity contribution in [3.05, 3.63) is 18.2 Å². The number of hydrogen-bond acceptors (Lipinski definition) is 2. The van der Waals surface area contributed by atoms with Crippen molar-refractivity contribution in [2.45, 2.75) is 33.6 Å². The van der Waals surface area contributed by atoms with Gasteiger partial charge in [0.25, 0.3) is 0 Å². The van der Waals surface area contributed by atoms with Crippen molar-refractivity contribution < 1.29 is 0 Å². The van der Waals surface area contributed by atoms with Crippen LogP contribution in [0, 0.1) is 5.41 Å². The van der Waals surface area contributed by atoms with Gasteiger partial charge in [0.2, 0.25) is 0 Å². The monoisotopic (exact) mass is 176 g/mol. The molecule has 0 unspecified atom stereocenters. The highest BCUT2D eigenvalue weighted by molar-refractivity contribution is 6.31. The van der Waals surface area contributed by atoms with Crippen LogP contribution in [-0.2, 0) is 6.42 Å². The lowest BCUT2D eigenvalue weighted by Gasteiger charge is -2.16. The fraction of sp³-hybridized carbons (Fsp3) is 0.600. The zero-order valence-corrected chi connectivity index (χ0v) is 8.96. The predicted molar refractivity (Wildman–Crippen MR) is 58.0 cm³/mol. The van der Waals surface area contributed by atoms with Gasteiger partial charge in [-0.2, -0.15) is 0 Å². The molecule has 0 aliphatic carbocycles. The summed E-state index contributed by atoms with van der Waals surface area (Å²) in [6.07, 6.45) is 5.87. The van der Waals surface area contributed by atoms with Gasteiger partial charge in [0, 0.05) is 18.8 Å². The smallest absolute Gasteiger partial charge is 0.143 e. The lowest BCUT2D eigenvalue weighted by Crippen LogP contribution is -2.11. The van der Waals surface area contributed by atoms with E-state index in [1.165, 1.54) is 0 Å². The highest BCUT2D eigenvalue weighted by atomic mass is 14.8. The fourth-order valence-corrected chi connectivity index (χ4v) is 1.04. The maximum absolute atomic E-state index is 4.27. The van der Waals surface area contributed by atoms with E-state index in [9.17, 15) is 0 Å². The maximum Gasteiger partial charge on any atom is 0.143 e. The Bertz CT molecular complexity index is 261. The van der Waals surface area contributed by atoms with E-state index in [0.29, 0.717) is 5.41 Å². The molecule has 1 aromatic rings. The molecule has 1 heterocycles. The molecule has 0 spiro atoms. The summed E-state index contributed by atoms with van der Waals surface area (Å²) in [4.78, 5) is 8.54. The summed E-state index contributed by atoms with van der Waals surface area (Å²) in [5.41, 5.74) is 1.49. The number of aryl methyl sites for hydroxylation is 1. The van der Waals surface area contributed by atoms with Crippen molar-refractivity contribution in [2.24, 2.45) is 5.41 Å². The molecule has 1 rings (SSSR count). The van der Waals surface area contributed by atoms with Crippen LogP contribution in [0.25, 0.3) is 0 Å². The summed E-state index contributed by atoms with van der Waals surface area (Å²) >= 11 is 0. The first-order valence-corrected chi connectivity index (χ1v) is 4.75. The van der Waals surface area contributed by atoms with Crippen molar-refractivity contribution in [1.29, 1.82) is 0 Å². The van der Waals surface area contributed by atoms with Gasteiger partial charge in [-0.1, -0.05) is 26.2 Å². The second kappa shape index (κ2) is 3.90. The molecule has 2 nitrogen and oxygen atoms in total. The van der Waals surface area contributed by atoms with E-state index < -0.39 is 0 Å². The van der Waals surface area contributed by atoms with Crippen molar-refractivity contribution in [3.63, 3.8) is 0 Å². The van der Waals surface area contributed by atoms with Gasteiger partial charge in [-0.05, 0) is 11.8 Å². The summed E-state index contributed by atoms with van der Waals surface area (Å²) in [6.45, 7) is 6.71. The number of rotatable bonds is 2. The topological polar surface area (TPSA) is 25.8 Å². The van der Waals surface area contributed by atoms with Gasteiger partial charge in [-0.15, -0.1) is 0 Å². The molecule has 0 aromatic carbocycles. The van der Waals surface area contributed by atoms with Crippen LogP contribution in [0.5, 0.6) is 0 Å². The SMILES string of the molecule is Bc1cnc(CCC(C)(C)C)nc1. The van der Waals surface area contributed by atoms with E-state index in [4.69, 9.17) is 0 Å². The van der Waals surface area contributed by atoms with Crippen molar-refractivity contribution in [3.8, 4) is 0 Å². The van der Waals surface area contributed by atoms with Crippen LogP contribution >= 0.6 is 0 Å². The van der Waals surface area contributed by atoms with Gasteiger partial charge in [0.1, 0.15) is 13.7 Å². The Kier molecular flexibility index (Phi) is 3.07. The van der Waals surface area contributed by atoms with Crippen LogP contribution in [-0.4, -0.2) is 17.8 Å². The van der Waals surface area contributed by atoms with E-state index in [1.807, 2.05) is 20.2 Å². The first-order chi connectivity index (χ1) is 5.97. The van der Waals surface area contributed by atoms with E-state index >= 15 is 0 Å². The Morgan fingerprint density at radius 2 is 1.77 bits per heavy atom. The highest BCUT2D eigenvalue weighted by Crippen LogP contribution is 2.19.